The van der Waals surface area contributed by atoms with Crippen LogP contribution in [0.15, 0.2) is 53.0 Å². The van der Waals surface area contributed by atoms with Gasteiger partial charge in [0.25, 0.3) is 5.91 Å². The Hall–Kier alpha value is -2.42. The number of benzene rings is 2. The predicted octanol–water partition coefficient (Wildman–Crippen LogP) is 3.53. The minimum atomic E-state index is -0.464. The first-order chi connectivity index (χ1) is 13.3. The number of halogens is 2. The number of hydrogen-bond acceptors (Lipinski definition) is 4. The fourth-order valence-electron chi connectivity index (χ4n) is 2.04. The van der Waals surface area contributed by atoms with Crippen molar-refractivity contribution in [3.63, 3.8) is 0 Å². The second kappa shape index (κ2) is 10.8. The van der Waals surface area contributed by atoms with Crippen LogP contribution in [0, 0.1) is 6.92 Å². The number of rotatable bonds is 5. The van der Waals surface area contributed by atoms with Crippen LogP contribution in [0.5, 0.6) is 5.75 Å². The number of thiocarbonyl (C=S) groups is 1. The van der Waals surface area contributed by atoms with Crippen molar-refractivity contribution < 1.29 is 14.3 Å². The summed E-state index contributed by atoms with van der Waals surface area (Å²) in [7, 11) is 0. The normalized spacial score (nSPS) is 10.4. The summed E-state index contributed by atoms with van der Waals surface area (Å²) < 4.78 is 6.36. The fourth-order valence-corrected chi connectivity index (χ4v) is 2.87. The molecule has 6 nitrogen and oxygen atoms in total. The molecule has 0 aliphatic carbocycles. The highest BCUT2D eigenvalue weighted by atomic mass is 79.9. The van der Waals surface area contributed by atoms with E-state index >= 15 is 0 Å². The summed E-state index contributed by atoms with van der Waals surface area (Å²) in [5, 5.41) is 2.88. The number of ether oxygens (including phenoxy) is 1. The van der Waals surface area contributed by atoms with Gasteiger partial charge in [-0.1, -0.05) is 45.7 Å². The van der Waals surface area contributed by atoms with E-state index in [0.29, 0.717) is 16.3 Å². The molecule has 0 bridgehead atoms. The van der Waals surface area contributed by atoms with Crippen molar-refractivity contribution in [1.82, 2.24) is 16.2 Å². The van der Waals surface area contributed by atoms with E-state index in [1.165, 1.54) is 6.08 Å². The molecular formula is C19H17BrClN3O3S. The van der Waals surface area contributed by atoms with Crippen LogP contribution in [0.3, 0.4) is 0 Å². The molecule has 0 spiro atoms. The fraction of sp³-hybridized carbons (Fsp3) is 0.105. The van der Waals surface area contributed by atoms with Gasteiger partial charge >= 0.3 is 0 Å². The van der Waals surface area contributed by atoms with Gasteiger partial charge < -0.3 is 4.74 Å². The molecule has 2 amide bonds. The van der Waals surface area contributed by atoms with E-state index in [0.717, 1.165) is 10.0 Å². The molecule has 0 heterocycles. The van der Waals surface area contributed by atoms with Gasteiger partial charge in [-0.25, -0.2) is 0 Å². The van der Waals surface area contributed by atoms with Crippen LogP contribution in [-0.4, -0.2) is 23.5 Å². The van der Waals surface area contributed by atoms with E-state index in [1.807, 2.05) is 25.1 Å². The van der Waals surface area contributed by atoms with E-state index in [4.69, 9.17) is 28.6 Å². The highest BCUT2D eigenvalue weighted by Crippen LogP contribution is 2.21. The molecule has 0 aromatic heterocycles. The Bertz CT molecular complexity index is 921. The van der Waals surface area contributed by atoms with Gasteiger partial charge in [0.1, 0.15) is 5.75 Å². The Morgan fingerprint density at radius 2 is 1.96 bits per heavy atom. The Morgan fingerprint density at radius 1 is 1.21 bits per heavy atom. The lowest BCUT2D eigenvalue weighted by Crippen LogP contribution is -2.49. The minimum absolute atomic E-state index is 0.0537. The number of hydrazine groups is 1. The SMILES string of the molecule is Cc1cc(Br)ccc1OCC(=O)NNC(=S)NC(=O)/C=C/c1ccccc1Cl. The molecule has 146 valence electrons. The molecule has 0 radical (unpaired) electrons. The van der Waals surface area contributed by atoms with Crippen molar-refractivity contribution in [3.05, 3.63) is 69.2 Å². The maximum absolute atomic E-state index is 11.8. The number of amides is 2. The Kier molecular flexibility index (Phi) is 8.43. The van der Waals surface area contributed by atoms with Crippen LogP contribution in [0.25, 0.3) is 6.08 Å². The van der Waals surface area contributed by atoms with Crippen LogP contribution in [0.4, 0.5) is 0 Å². The van der Waals surface area contributed by atoms with Gasteiger partial charge in [-0.15, -0.1) is 0 Å². The third kappa shape index (κ3) is 7.30. The zero-order valence-electron chi connectivity index (χ0n) is 14.8. The first-order valence-electron chi connectivity index (χ1n) is 8.06. The average Bonchev–Trinajstić information content (AvgIpc) is 2.65. The van der Waals surface area contributed by atoms with Crippen LogP contribution >= 0.6 is 39.7 Å². The van der Waals surface area contributed by atoms with Crippen LogP contribution in [0.1, 0.15) is 11.1 Å². The van der Waals surface area contributed by atoms with Gasteiger partial charge in [-0.05, 0) is 60.6 Å². The van der Waals surface area contributed by atoms with E-state index in [1.54, 1.807) is 30.3 Å². The third-order valence-electron chi connectivity index (χ3n) is 3.37. The van der Waals surface area contributed by atoms with Gasteiger partial charge in [0, 0.05) is 15.6 Å². The molecule has 0 aliphatic rings. The summed E-state index contributed by atoms with van der Waals surface area (Å²) in [4.78, 5) is 23.7. The number of carbonyl (C=O) groups is 2. The molecule has 2 rings (SSSR count). The molecule has 0 aliphatic heterocycles. The molecule has 0 fully saturated rings. The highest BCUT2D eigenvalue weighted by Gasteiger charge is 2.07. The summed E-state index contributed by atoms with van der Waals surface area (Å²) in [6.07, 6.45) is 2.85. The molecule has 9 heteroatoms. The molecule has 0 atom stereocenters. The average molecular weight is 483 g/mol. The van der Waals surface area contributed by atoms with E-state index in [9.17, 15) is 9.59 Å². The number of hydrogen-bond donors (Lipinski definition) is 3. The smallest absolute Gasteiger partial charge is 0.276 e. The van der Waals surface area contributed by atoms with Gasteiger partial charge in [0.15, 0.2) is 11.7 Å². The van der Waals surface area contributed by atoms with Crippen LogP contribution < -0.4 is 20.9 Å². The van der Waals surface area contributed by atoms with Gasteiger partial charge in [-0.2, -0.15) is 0 Å². The van der Waals surface area contributed by atoms with Crippen molar-refractivity contribution in [2.24, 2.45) is 0 Å². The molecule has 0 saturated heterocycles. The first kappa shape index (κ1) is 21.9. The van der Waals surface area contributed by atoms with Crippen molar-refractivity contribution in [2.45, 2.75) is 6.92 Å². The van der Waals surface area contributed by atoms with Crippen molar-refractivity contribution in [2.75, 3.05) is 6.61 Å². The maximum Gasteiger partial charge on any atom is 0.276 e. The summed E-state index contributed by atoms with van der Waals surface area (Å²) in [6, 6.07) is 12.6. The third-order valence-corrected chi connectivity index (χ3v) is 4.41. The number of aryl methyl sites for hydroxylation is 1. The van der Waals surface area contributed by atoms with Crippen molar-refractivity contribution in [1.29, 1.82) is 0 Å². The standard InChI is InChI=1S/C19H17BrClN3O3S/c1-12-10-14(20)7-8-16(12)27-11-18(26)23-24-19(28)22-17(25)9-6-13-4-2-3-5-15(13)21/h2-10H,11H2,1H3,(H,23,26)(H2,22,24,25,28)/b9-6+. The monoisotopic (exact) mass is 481 g/mol. The van der Waals surface area contributed by atoms with E-state index in [2.05, 4.69) is 32.1 Å². The zero-order chi connectivity index (χ0) is 20.5. The summed E-state index contributed by atoms with van der Waals surface area (Å²) in [5.41, 5.74) is 6.38. The molecule has 0 unspecified atom stereocenters. The Balaban J connectivity index is 1.73. The first-order valence-corrected chi connectivity index (χ1v) is 9.64. The lowest BCUT2D eigenvalue weighted by molar-refractivity contribution is -0.123. The van der Waals surface area contributed by atoms with Gasteiger partial charge in [-0.3, -0.25) is 25.8 Å². The second-order valence-corrected chi connectivity index (χ2v) is 7.28. The van der Waals surface area contributed by atoms with Crippen molar-refractivity contribution >= 4 is 62.8 Å². The Morgan fingerprint density at radius 3 is 2.68 bits per heavy atom. The Labute approximate surface area is 181 Å². The number of carbonyl (C=O) groups excluding carboxylic acids is 2. The summed E-state index contributed by atoms with van der Waals surface area (Å²) in [6.45, 7) is 1.66. The largest absolute Gasteiger partial charge is 0.483 e. The lowest BCUT2D eigenvalue weighted by Gasteiger charge is -2.11. The molecule has 28 heavy (non-hydrogen) atoms. The zero-order valence-corrected chi connectivity index (χ0v) is 18.0. The summed E-state index contributed by atoms with van der Waals surface area (Å²) >= 11 is 14.3. The molecule has 3 N–H and O–H groups in total. The predicted molar refractivity (Wildman–Crippen MR) is 117 cm³/mol. The van der Waals surface area contributed by atoms with E-state index in [-0.39, 0.29) is 11.7 Å². The molecule has 2 aromatic rings. The maximum atomic E-state index is 11.8. The van der Waals surface area contributed by atoms with Gasteiger partial charge in [0.05, 0.1) is 0 Å². The lowest BCUT2D eigenvalue weighted by atomic mass is 10.2. The van der Waals surface area contributed by atoms with Gasteiger partial charge in [0.2, 0.25) is 5.91 Å². The second-order valence-electron chi connectivity index (χ2n) is 5.54. The van der Waals surface area contributed by atoms with Crippen LogP contribution in [0.2, 0.25) is 5.02 Å². The topological polar surface area (TPSA) is 79.5 Å². The van der Waals surface area contributed by atoms with Crippen molar-refractivity contribution in [3.8, 4) is 5.75 Å². The molecule has 0 saturated carbocycles. The molecular weight excluding hydrogens is 466 g/mol. The quantitative estimate of drug-likeness (QED) is 0.345. The van der Waals surface area contributed by atoms with Crippen LogP contribution in [-0.2, 0) is 9.59 Å². The minimum Gasteiger partial charge on any atom is -0.483 e. The number of nitrogens with one attached hydrogen (secondary N) is 3. The highest BCUT2D eigenvalue weighted by molar-refractivity contribution is 9.10. The van der Waals surface area contributed by atoms with E-state index < -0.39 is 11.8 Å². The molecule has 2 aromatic carbocycles. The summed E-state index contributed by atoms with van der Waals surface area (Å²) in [5.74, 6) is -0.321.